The topological polar surface area (TPSA) is 68.7 Å². The van der Waals surface area contributed by atoms with E-state index in [4.69, 9.17) is 22.1 Å². The summed E-state index contributed by atoms with van der Waals surface area (Å²) in [6.07, 6.45) is 5.63. The van der Waals surface area contributed by atoms with Gasteiger partial charge in [0.25, 0.3) is 0 Å². The minimum absolute atomic E-state index is 0.317. The van der Waals surface area contributed by atoms with Gasteiger partial charge in [0.2, 0.25) is 0 Å². The maximum atomic E-state index is 13.6. The molecule has 1 aromatic carbocycles. The largest absolute Gasteiger partial charge is 0.378 e. The third-order valence-corrected chi connectivity index (χ3v) is 5.87. The molecular formula is C25H27ClFN5O. The van der Waals surface area contributed by atoms with Crippen molar-refractivity contribution in [3.63, 3.8) is 0 Å². The molecule has 5 rings (SSSR count). The highest BCUT2D eigenvalue weighted by molar-refractivity contribution is 6.33. The SMILES string of the molecule is CC.NCc1cc2ncc(-c3ccc(N4CCOCC4)nc3)n2cc1-c1ccc(F)cc1Cl. The molecule has 0 saturated carbocycles. The molecule has 4 heterocycles. The van der Waals surface area contributed by atoms with Crippen LogP contribution in [-0.4, -0.2) is 40.7 Å². The standard InChI is InChI=1S/C23H21ClFN5O.C2H6/c24-20-10-17(25)2-3-18(20)19-14-30-21(13-28-23(30)9-16(19)11-26)15-1-4-22(27-12-15)29-5-7-31-8-6-29;1-2/h1-4,9-10,12-14H,5-8,11,26H2;1-2H3. The van der Waals surface area contributed by atoms with E-state index in [9.17, 15) is 4.39 Å². The zero-order valence-electron chi connectivity index (χ0n) is 18.8. The van der Waals surface area contributed by atoms with Crippen molar-refractivity contribution in [2.75, 3.05) is 31.2 Å². The van der Waals surface area contributed by atoms with Crippen molar-refractivity contribution in [3.05, 3.63) is 71.4 Å². The Kier molecular flexibility index (Phi) is 7.23. The van der Waals surface area contributed by atoms with Gasteiger partial charge >= 0.3 is 0 Å². The maximum absolute atomic E-state index is 13.6. The molecular weight excluding hydrogens is 441 g/mol. The summed E-state index contributed by atoms with van der Waals surface area (Å²) >= 11 is 6.34. The van der Waals surface area contributed by atoms with Crippen LogP contribution in [0.1, 0.15) is 19.4 Å². The van der Waals surface area contributed by atoms with E-state index >= 15 is 0 Å². The fraction of sp³-hybridized carbons (Fsp3) is 0.280. The average Bonchev–Trinajstić information content (AvgIpc) is 3.28. The highest BCUT2D eigenvalue weighted by Crippen LogP contribution is 2.33. The number of fused-ring (bicyclic) bond motifs is 1. The number of hydrogen-bond donors (Lipinski definition) is 1. The molecule has 1 aliphatic heterocycles. The molecule has 8 heteroatoms. The van der Waals surface area contributed by atoms with Crippen LogP contribution < -0.4 is 10.6 Å². The van der Waals surface area contributed by atoms with Crippen LogP contribution in [0.2, 0.25) is 5.02 Å². The maximum Gasteiger partial charge on any atom is 0.137 e. The molecule has 1 fully saturated rings. The van der Waals surface area contributed by atoms with Crippen LogP contribution in [0.3, 0.4) is 0 Å². The van der Waals surface area contributed by atoms with Crippen molar-refractivity contribution in [2.24, 2.45) is 5.73 Å². The van der Waals surface area contributed by atoms with Crippen LogP contribution in [-0.2, 0) is 11.3 Å². The number of aromatic nitrogens is 3. The summed E-state index contributed by atoms with van der Waals surface area (Å²) in [6.45, 7) is 7.43. The van der Waals surface area contributed by atoms with E-state index in [1.54, 1.807) is 6.07 Å². The van der Waals surface area contributed by atoms with E-state index in [1.165, 1.54) is 12.1 Å². The van der Waals surface area contributed by atoms with Gasteiger partial charge in [-0.15, -0.1) is 0 Å². The van der Waals surface area contributed by atoms with Crippen LogP contribution in [0.5, 0.6) is 0 Å². The second-order valence-corrected chi connectivity index (χ2v) is 7.82. The Morgan fingerprint density at radius 1 is 1.03 bits per heavy atom. The van der Waals surface area contributed by atoms with Gasteiger partial charge in [-0.05, 0) is 42.0 Å². The first kappa shape index (κ1) is 23.2. The number of hydrogen-bond acceptors (Lipinski definition) is 5. The van der Waals surface area contributed by atoms with E-state index in [-0.39, 0.29) is 5.82 Å². The molecule has 2 N–H and O–H groups in total. The van der Waals surface area contributed by atoms with Crippen LogP contribution in [0.15, 0.2) is 55.0 Å². The monoisotopic (exact) mass is 467 g/mol. The van der Waals surface area contributed by atoms with Gasteiger partial charge < -0.3 is 15.4 Å². The van der Waals surface area contributed by atoms with Gasteiger partial charge in [-0.1, -0.05) is 25.4 Å². The van der Waals surface area contributed by atoms with Crippen molar-refractivity contribution in [1.29, 1.82) is 0 Å². The highest BCUT2D eigenvalue weighted by Gasteiger charge is 2.16. The van der Waals surface area contributed by atoms with Gasteiger partial charge in [-0.3, -0.25) is 4.40 Å². The second-order valence-electron chi connectivity index (χ2n) is 7.42. The number of halogens is 2. The average molecular weight is 468 g/mol. The molecule has 0 aliphatic carbocycles. The van der Waals surface area contributed by atoms with E-state index in [0.717, 1.165) is 65.7 Å². The lowest BCUT2D eigenvalue weighted by Gasteiger charge is -2.27. The number of pyridine rings is 2. The van der Waals surface area contributed by atoms with Gasteiger partial charge in [0.15, 0.2) is 0 Å². The van der Waals surface area contributed by atoms with Crippen molar-refractivity contribution in [1.82, 2.24) is 14.4 Å². The first-order valence-electron chi connectivity index (χ1n) is 11.1. The summed E-state index contributed by atoms with van der Waals surface area (Å²) in [5, 5.41) is 0.340. The van der Waals surface area contributed by atoms with Gasteiger partial charge in [0, 0.05) is 48.7 Å². The number of benzene rings is 1. The van der Waals surface area contributed by atoms with Gasteiger partial charge in [0.1, 0.15) is 17.3 Å². The van der Waals surface area contributed by atoms with Gasteiger partial charge in [0.05, 0.1) is 30.1 Å². The van der Waals surface area contributed by atoms with Gasteiger partial charge in [-0.25, -0.2) is 14.4 Å². The third kappa shape index (κ3) is 4.71. The highest BCUT2D eigenvalue weighted by atomic mass is 35.5. The lowest BCUT2D eigenvalue weighted by atomic mass is 10.0. The Hall–Kier alpha value is -3.00. The van der Waals surface area contributed by atoms with Crippen LogP contribution in [0, 0.1) is 5.82 Å². The zero-order valence-corrected chi connectivity index (χ0v) is 19.5. The van der Waals surface area contributed by atoms with Crippen LogP contribution in [0.25, 0.3) is 28.0 Å². The molecule has 0 bridgehead atoms. The predicted octanol–water partition coefficient (Wildman–Crippen LogP) is 5.18. The summed E-state index contributed by atoms with van der Waals surface area (Å²) in [4.78, 5) is 11.4. The molecule has 0 radical (unpaired) electrons. The number of ether oxygens (including phenoxy) is 1. The third-order valence-electron chi connectivity index (χ3n) is 5.55. The number of imidazole rings is 1. The lowest BCUT2D eigenvalue weighted by Crippen LogP contribution is -2.36. The van der Waals surface area contributed by atoms with Crippen LogP contribution in [0.4, 0.5) is 10.2 Å². The Balaban J connectivity index is 0.00000126. The lowest BCUT2D eigenvalue weighted by molar-refractivity contribution is 0.122. The normalized spacial score (nSPS) is 13.7. The molecule has 1 saturated heterocycles. The quantitative estimate of drug-likeness (QED) is 0.448. The smallest absolute Gasteiger partial charge is 0.137 e. The van der Waals surface area contributed by atoms with Crippen molar-refractivity contribution in [3.8, 4) is 22.4 Å². The zero-order chi connectivity index (χ0) is 23.4. The minimum Gasteiger partial charge on any atom is -0.378 e. The minimum atomic E-state index is -0.376. The summed E-state index contributed by atoms with van der Waals surface area (Å²) in [6, 6.07) is 10.4. The Morgan fingerprint density at radius 2 is 1.82 bits per heavy atom. The van der Waals surface area contributed by atoms with E-state index in [1.807, 2.05) is 55.0 Å². The first-order valence-corrected chi connectivity index (χ1v) is 11.5. The number of rotatable bonds is 4. The Labute approximate surface area is 197 Å². The molecule has 172 valence electrons. The molecule has 0 atom stereocenters. The number of nitrogens with two attached hydrogens (primary N) is 1. The number of nitrogens with zero attached hydrogens (tertiary/aromatic N) is 4. The van der Waals surface area contributed by atoms with Gasteiger partial charge in [-0.2, -0.15) is 0 Å². The molecule has 0 unspecified atom stereocenters. The van der Waals surface area contributed by atoms with Crippen molar-refractivity contribution >= 4 is 23.1 Å². The summed E-state index contributed by atoms with van der Waals surface area (Å²) in [5.74, 6) is 0.559. The molecule has 33 heavy (non-hydrogen) atoms. The van der Waals surface area contributed by atoms with E-state index < -0.39 is 0 Å². The molecule has 4 aromatic rings. The second kappa shape index (κ2) is 10.3. The van der Waals surface area contributed by atoms with Crippen molar-refractivity contribution in [2.45, 2.75) is 20.4 Å². The van der Waals surface area contributed by atoms with Crippen molar-refractivity contribution < 1.29 is 9.13 Å². The molecule has 0 spiro atoms. The summed E-state index contributed by atoms with van der Waals surface area (Å²) in [7, 11) is 0. The van der Waals surface area contributed by atoms with E-state index in [2.05, 4.69) is 14.9 Å². The number of morpholine rings is 1. The number of anilines is 1. The first-order chi connectivity index (χ1) is 16.1. The molecule has 6 nitrogen and oxygen atoms in total. The summed E-state index contributed by atoms with van der Waals surface area (Å²) in [5.41, 5.74) is 11.1. The Morgan fingerprint density at radius 3 is 2.48 bits per heavy atom. The molecule has 0 amide bonds. The molecule has 1 aliphatic rings. The predicted molar refractivity (Wildman–Crippen MR) is 131 cm³/mol. The van der Waals surface area contributed by atoms with Crippen LogP contribution >= 0.6 is 11.6 Å². The van der Waals surface area contributed by atoms with E-state index in [0.29, 0.717) is 11.6 Å². The fourth-order valence-corrected chi connectivity index (χ4v) is 4.18. The molecule has 3 aromatic heterocycles. The fourth-order valence-electron chi connectivity index (χ4n) is 3.91. The summed E-state index contributed by atoms with van der Waals surface area (Å²) < 4.78 is 21.0. The Bertz CT molecular complexity index is 1240.